The summed E-state index contributed by atoms with van der Waals surface area (Å²) in [6.45, 7) is 5.65. The van der Waals surface area contributed by atoms with E-state index < -0.39 is 0 Å². The van der Waals surface area contributed by atoms with Crippen molar-refractivity contribution < 1.29 is 4.79 Å². The standard InChI is InChI=1S/C20H29N5O/c1-5-16-9-7-10-17(13-16)23-19(26)14-22-20(21-6-2)25(4)15-18-11-8-12-24(18)3/h7-13H,5-6,14-15H2,1-4H3,(H,21,22)(H,23,26). The second kappa shape index (κ2) is 9.65. The van der Waals surface area contributed by atoms with Crippen LogP contribution >= 0.6 is 0 Å². The van der Waals surface area contributed by atoms with Gasteiger partial charge in [0.05, 0.1) is 6.54 Å². The third-order valence-corrected chi connectivity index (χ3v) is 4.14. The Morgan fingerprint density at radius 2 is 2.04 bits per heavy atom. The molecule has 1 amide bonds. The summed E-state index contributed by atoms with van der Waals surface area (Å²) in [5.41, 5.74) is 3.19. The fourth-order valence-corrected chi connectivity index (χ4v) is 2.66. The van der Waals surface area contributed by atoms with Gasteiger partial charge in [-0.15, -0.1) is 0 Å². The van der Waals surface area contributed by atoms with Gasteiger partial charge < -0.3 is 20.1 Å². The number of aromatic nitrogens is 1. The maximum atomic E-state index is 12.2. The summed E-state index contributed by atoms with van der Waals surface area (Å²) in [5.74, 6) is 0.590. The van der Waals surface area contributed by atoms with Gasteiger partial charge in [0.25, 0.3) is 0 Å². The largest absolute Gasteiger partial charge is 0.357 e. The maximum absolute atomic E-state index is 12.2. The highest BCUT2D eigenvalue weighted by atomic mass is 16.1. The number of hydrogen-bond acceptors (Lipinski definition) is 2. The summed E-state index contributed by atoms with van der Waals surface area (Å²) in [6, 6.07) is 12.0. The molecule has 0 unspecified atom stereocenters. The van der Waals surface area contributed by atoms with Crippen molar-refractivity contribution in [2.45, 2.75) is 26.8 Å². The van der Waals surface area contributed by atoms with E-state index in [0.29, 0.717) is 5.96 Å². The first-order valence-electron chi connectivity index (χ1n) is 9.02. The number of carbonyl (C=O) groups is 1. The van der Waals surface area contributed by atoms with Crippen molar-refractivity contribution in [1.29, 1.82) is 0 Å². The van der Waals surface area contributed by atoms with Gasteiger partial charge in [0, 0.05) is 38.2 Å². The summed E-state index contributed by atoms with van der Waals surface area (Å²) >= 11 is 0. The lowest BCUT2D eigenvalue weighted by atomic mass is 10.1. The van der Waals surface area contributed by atoms with Gasteiger partial charge in [0.1, 0.15) is 6.54 Å². The van der Waals surface area contributed by atoms with Gasteiger partial charge in [0.15, 0.2) is 5.96 Å². The van der Waals surface area contributed by atoms with E-state index in [0.717, 1.165) is 25.2 Å². The first kappa shape index (κ1) is 19.6. The molecule has 2 aromatic rings. The normalized spacial score (nSPS) is 11.3. The molecule has 6 nitrogen and oxygen atoms in total. The van der Waals surface area contributed by atoms with Crippen LogP contribution in [-0.2, 0) is 24.8 Å². The van der Waals surface area contributed by atoms with Gasteiger partial charge in [-0.1, -0.05) is 19.1 Å². The molecule has 1 aromatic carbocycles. The molecule has 0 fully saturated rings. The fourth-order valence-electron chi connectivity index (χ4n) is 2.66. The van der Waals surface area contributed by atoms with Crippen molar-refractivity contribution in [2.75, 3.05) is 25.5 Å². The number of amides is 1. The molecule has 140 valence electrons. The molecule has 1 heterocycles. The molecule has 2 rings (SSSR count). The summed E-state index contributed by atoms with van der Waals surface area (Å²) in [5, 5.41) is 6.15. The number of nitrogens with zero attached hydrogens (tertiary/aromatic N) is 3. The van der Waals surface area contributed by atoms with E-state index in [1.165, 1.54) is 11.3 Å². The monoisotopic (exact) mass is 355 g/mol. The van der Waals surface area contributed by atoms with E-state index in [-0.39, 0.29) is 12.5 Å². The molecule has 6 heteroatoms. The van der Waals surface area contributed by atoms with Gasteiger partial charge in [-0.3, -0.25) is 4.79 Å². The number of carbonyl (C=O) groups excluding carboxylic acids is 1. The van der Waals surface area contributed by atoms with Crippen LogP contribution in [0.3, 0.4) is 0 Å². The fraction of sp³-hybridized carbons (Fsp3) is 0.400. The molecule has 0 atom stereocenters. The minimum atomic E-state index is -0.124. The van der Waals surface area contributed by atoms with E-state index in [1.54, 1.807) is 0 Å². The minimum absolute atomic E-state index is 0.0795. The Morgan fingerprint density at radius 3 is 2.69 bits per heavy atom. The summed E-state index contributed by atoms with van der Waals surface area (Å²) < 4.78 is 2.08. The van der Waals surface area contributed by atoms with Crippen LogP contribution < -0.4 is 10.6 Å². The van der Waals surface area contributed by atoms with Crippen molar-refractivity contribution in [2.24, 2.45) is 12.0 Å². The van der Waals surface area contributed by atoms with Gasteiger partial charge in [-0.05, 0) is 43.2 Å². The zero-order valence-electron chi connectivity index (χ0n) is 16.1. The van der Waals surface area contributed by atoms with Crippen molar-refractivity contribution in [1.82, 2.24) is 14.8 Å². The lowest BCUT2D eigenvalue weighted by Crippen LogP contribution is -2.39. The third kappa shape index (κ3) is 5.65. The van der Waals surface area contributed by atoms with Gasteiger partial charge >= 0.3 is 0 Å². The van der Waals surface area contributed by atoms with Crippen LogP contribution in [0.25, 0.3) is 0 Å². The number of nitrogens with one attached hydrogen (secondary N) is 2. The van der Waals surface area contributed by atoms with Crippen molar-refractivity contribution in [3.8, 4) is 0 Å². The zero-order valence-corrected chi connectivity index (χ0v) is 16.1. The quantitative estimate of drug-likeness (QED) is 0.593. The Hall–Kier alpha value is -2.76. The maximum Gasteiger partial charge on any atom is 0.246 e. The number of hydrogen-bond donors (Lipinski definition) is 2. The predicted molar refractivity (Wildman–Crippen MR) is 107 cm³/mol. The lowest BCUT2D eigenvalue weighted by Gasteiger charge is -2.22. The molecule has 1 aromatic heterocycles. The Bertz CT molecular complexity index is 750. The van der Waals surface area contributed by atoms with Crippen LogP contribution in [0.4, 0.5) is 5.69 Å². The molecule has 0 bridgehead atoms. The van der Waals surface area contributed by atoms with E-state index >= 15 is 0 Å². The van der Waals surface area contributed by atoms with Gasteiger partial charge in [0.2, 0.25) is 5.91 Å². The van der Waals surface area contributed by atoms with E-state index in [4.69, 9.17) is 0 Å². The van der Waals surface area contributed by atoms with Gasteiger partial charge in [-0.2, -0.15) is 0 Å². The average molecular weight is 355 g/mol. The number of anilines is 1. The van der Waals surface area contributed by atoms with Crippen molar-refractivity contribution in [3.05, 3.63) is 53.9 Å². The van der Waals surface area contributed by atoms with Crippen molar-refractivity contribution in [3.63, 3.8) is 0 Å². The number of benzene rings is 1. The Morgan fingerprint density at radius 1 is 1.23 bits per heavy atom. The molecular formula is C20H29N5O. The molecule has 0 saturated carbocycles. The topological polar surface area (TPSA) is 61.7 Å². The predicted octanol–water partition coefficient (Wildman–Crippen LogP) is 2.62. The van der Waals surface area contributed by atoms with Crippen LogP contribution in [0.2, 0.25) is 0 Å². The molecular weight excluding hydrogens is 326 g/mol. The number of guanidine groups is 1. The second-order valence-corrected chi connectivity index (χ2v) is 6.24. The first-order chi connectivity index (χ1) is 12.5. The zero-order chi connectivity index (χ0) is 18.9. The summed E-state index contributed by atoms with van der Waals surface area (Å²) in [4.78, 5) is 18.7. The second-order valence-electron chi connectivity index (χ2n) is 6.24. The molecule has 0 spiro atoms. The molecule has 0 aliphatic rings. The highest BCUT2D eigenvalue weighted by Gasteiger charge is 2.09. The Kier molecular flexibility index (Phi) is 7.26. The molecule has 0 aliphatic heterocycles. The smallest absolute Gasteiger partial charge is 0.246 e. The van der Waals surface area contributed by atoms with E-state index in [2.05, 4.69) is 39.2 Å². The highest BCUT2D eigenvalue weighted by Crippen LogP contribution is 2.11. The van der Waals surface area contributed by atoms with Crippen LogP contribution in [0.15, 0.2) is 47.6 Å². The third-order valence-electron chi connectivity index (χ3n) is 4.14. The first-order valence-corrected chi connectivity index (χ1v) is 9.02. The molecule has 2 N–H and O–H groups in total. The van der Waals surface area contributed by atoms with Crippen LogP contribution in [0, 0.1) is 0 Å². The van der Waals surface area contributed by atoms with E-state index in [1.807, 2.05) is 56.4 Å². The van der Waals surface area contributed by atoms with Crippen LogP contribution in [0.5, 0.6) is 0 Å². The van der Waals surface area contributed by atoms with Crippen LogP contribution in [-0.4, -0.2) is 41.5 Å². The highest BCUT2D eigenvalue weighted by molar-refractivity contribution is 5.94. The van der Waals surface area contributed by atoms with E-state index in [9.17, 15) is 4.79 Å². The molecule has 26 heavy (non-hydrogen) atoms. The molecule has 0 saturated heterocycles. The molecule has 0 aliphatic carbocycles. The summed E-state index contributed by atoms with van der Waals surface area (Å²) in [6.07, 6.45) is 2.96. The van der Waals surface area contributed by atoms with Crippen molar-refractivity contribution >= 4 is 17.6 Å². The molecule has 0 radical (unpaired) electrons. The Labute approximate surface area is 155 Å². The number of aliphatic imine (C=N–C) groups is 1. The number of rotatable bonds is 7. The summed E-state index contributed by atoms with van der Waals surface area (Å²) in [7, 11) is 3.99. The average Bonchev–Trinajstić information content (AvgIpc) is 3.03. The minimum Gasteiger partial charge on any atom is -0.357 e. The van der Waals surface area contributed by atoms with Crippen LogP contribution in [0.1, 0.15) is 25.1 Å². The lowest BCUT2D eigenvalue weighted by molar-refractivity contribution is -0.114. The SMILES string of the molecule is CCNC(=NCC(=O)Nc1cccc(CC)c1)N(C)Cc1cccn1C. The number of aryl methyl sites for hydroxylation is 2. The van der Waals surface area contributed by atoms with Gasteiger partial charge in [-0.25, -0.2) is 4.99 Å². The Balaban J connectivity index is 1.98.